The number of ether oxygens (including phenoxy) is 1. The highest BCUT2D eigenvalue weighted by molar-refractivity contribution is 6.01. The molecular formula is C12H14O2. The molecule has 0 unspecified atom stereocenters. The first-order valence-electron chi connectivity index (χ1n) is 4.88. The molecule has 0 aromatic heterocycles. The Bertz CT molecular complexity index is 405. The number of rotatable bonds is 0. The fourth-order valence-electron chi connectivity index (χ4n) is 1.96. The van der Waals surface area contributed by atoms with Crippen LogP contribution in [0, 0.1) is 20.8 Å². The number of ketones is 1. The zero-order valence-electron chi connectivity index (χ0n) is 8.81. The molecule has 0 saturated heterocycles. The van der Waals surface area contributed by atoms with Crippen LogP contribution in [-0.2, 0) is 0 Å². The van der Waals surface area contributed by atoms with Crippen LogP contribution in [0.15, 0.2) is 6.07 Å². The maximum absolute atomic E-state index is 11.7. The molecule has 1 aromatic rings. The molecule has 0 atom stereocenters. The standard InChI is InChI=1S/C12H14O2/c1-7-6-8(2)12-11(9(7)3)10(13)4-5-14-12/h6H,4-5H2,1-3H3. The molecule has 2 rings (SSSR count). The fraction of sp³-hybridized carbons (Fsp3) is 0.417. The third-order valence-electron chi connectivity index (χ3n) is 2.84. The molecule has 0 N–H and O–H groups in total. The lowest BCUT2D eigenvalue weighted by Crippen LogP contribution is -2.18. The van der Waals surface area contributed by atoms with Crippen molar-refractivity contribution < 1.29 is 9.53 Å². The van der Waals surface area contributed by atoms with Crippen molar-refractivity contribution in [3.05, 3.63) is 28.3 Å². The van der Waals surface area contributed by atoms with E-state index in [4.69, 9.17) is 4.74 Å². The second-order valence-corrected chi connectivity index (χ2v) is 3.86. The van der Waals surface area contributed by atoms with E-state index < -0.39 is 0 Å². The molecule has 0 radical (unpaired) electrons. The van der Waals surface area contributed by atoms with Gasteiger partial charge >= 0.3 is 0 Å². The van der Waals surface area contributed by atoms with Gasteiger partial charge in [0.2, 0.25) is 0 Å². The average molecular weight is 190 g/mol. The minimum atomic E-state index is 0.218. The summed E-state index contributed by atoms with van der Waals surface area (Å²) in [6, 6.07) is 2.08. The van der Waals surface area contributed by atoms with Gasteiger partial charge in [-0.15, -0.1) is 0 Å². The second-order valence-electron chi connectivity index (χ2n) is 3.86. The lowest BCUT2D eigenvalue weighted by atomic mass is 9.93. The van der Waals surface area contributed by atoms with Crippen molar-refractivity contribution in [1.82, 2.24) is 0 Å². The third kappa shape index (κ3) is 1.22. The zero-order valence-corrected chi connectivity index (χ0v) is 8.81. The topological polar surface area (TPSA) is 26.3 Å². The molecule has 1 aliphatic heterocycles. The van der Waals surface area contributed by atoms with Gasteiger partial charge in [-0.05, 0) is 37.5 Å². The van der Waals surface area contributed by atoms with E-state index in [0.29, 0.717) is 13.0 Å². The Morgan fingerprint density at radius 3 is 2.64 bits per heavy atom. The number of benzene rings is 1. The van der Waals surface area contributed by atoms with Gasteiger partial charge in [-0.2, -0.15) is 0 Å². The molecule has 0 amide bonds. The van der Waals surface area contributed by atoms with Crippen LogP contribution in [0.25, 0.3) is 0 Å². The van der Waals surface area contributed by atoms with Crippen molar-refractivity contribution in [1.29, 1.82) is 0 Å². The van der Waals surface area contributed by atoms with Gasteiger partial charge in [0.15, 0.2) is 5.78 Å². The molecule has 74 valence electrons. The lowest BCUT2D eigenvalue weighted by Gasteiger charge is -2.21. The van der Waals surface area contributed by atoms with Crippen LogP contribution in [-0.4, -0.2) is 12.4 Å². The van der Waals surface area contributed by atoms with Crippen LogP contribution in [0.2, 0.25) is 0 Å². The van der Waals surface area contributed by atoms with Gasteiger partial charge in [-0.25, -0.2) is 0 Å². The number of aryl methyl sites for hydroxylation is 2. The van der Waals surface area contributed by atoms with E-state index in [1.165, 1.54) is 5.56 Å². The molecule has 1 aromatic carbocycles. The number of carbonyl (C=O) groups excluding carboxylic acids is 1. The Balaban J connectivity index is 2.73. The van der Waals surface area contributed by atoms with Gasteiger partial charge < -0.3 is 4.74 Å². The predicted molar refractivity (Wildman–Crippen MR) is 55.1 cm³/mol. The van der Waals surface area contributed by atoms with E-state index in [0.717, 1.165) is 22.4 Å². The summed E-state index contributed by atoms with van der Waals surface area (Å²) < 4.78 is 5.54. The van der Waals surface area contributed by atoms with E-state index in [9.17, 15) is 4.79 Å². The second kappa shape index (κ2) is 3.12. The molecule has 1 aliphatic rings. The van der Waals surface area contributed by atoms with Crippen molar-refractivity contribution in [2.24, 2.45) is 0 Å². The van der Waals surface area contributed by atoms with Gasteiger partial charge in [-0.1, -0.05) is 6.07 Å². The SMILES string of the molecule is Cc1cc(C)c2c(c1C)C(=O)CCO2. The Morgan fingerprint density at radius 2 is 1.93 bits per heavy atom. The maximum Gasteiger partial charge on any atom is 0.170 e. The van der Waals surface area contributed by atoms with Crippen LogP contribution in [0.1, 0.15) is 33.5 Å². The lowest BCUT2D eigenvalue weighted by molar-refractivity contribution is 0.0932. The quantitative estimate of drug-likeness (QED) is 0.628. The number of hydrogen-bond donors (Lipinski definition) is 0. The number of hydrogen-bond acceptors (Lipinski definition) is 2. The van der Waals surface area contributed by atoms with Crippen LogP contribution >= 0.6 is 0 Å². The average Bonchev–Trinajstić information content (AvgIpc) is 2.14. The molecule has 2 nitrogen and oxygen atoms in total. The van der Waals surface area contributed by atoms with Crippen molar-refractivity contribution >= 4 is 5.78 Å². The molecular weight excluding hydrogens is 176 g/mol. The van der Waals surface area contributed by atoms with Crippen molar-refractivity contribution in [3.8, 4) is 5.75 Å². The summed E-state index contributed by atoms with van der Waals surface area (Å²) in [6.45, 7) is 6.53. The molecule has 0 bridgehead atoms. The molecule has 0 spiro atoms. The summed E-state index contributed by atoms with van der Waals surface area (Å²) in [5.74, 6) is 1.01. The highest BCUT2D eigenvalue weighted by Crippen LogP contribution is 2.32. The van der Waals surface area contributed by atoms with Crippen LogP contribution < -0.4 is 4.74 Å². The largest absolute Gasteiger partial charge is 0.492 e. The Labute approximate surface area is 83.9 Å². The zero-order chi connectivity index (χ0) is 10.3. The van der Waals surface area contributed by atoms with Crippen LogP contribution in [0.5, 0.6) is 5.75 Å². The van der Waals surface area contributed by atoms with E-state index in [-0.39, 0.29) is 5.78 Å². The summed E-state index contributed by atoms with van der Waals surface area (Å²) in [5.41, 5.74) is 4.10. The van der Waals surface area contributed by atoms with Gasteiger partial charge in [0.25, 0.3) is 0 Å². The minimum absolute atomic E-state index is 0.218. The number of fused-ring (bicyclic) bond motifs is 1. The molecule has 0 saturated carbocycles. The van der Waals surface area contributed by atoms with Crippen molar-refractivity contribution in [3.63, 3.8) is 0 Å². The van der Waals surface area contributed by atoms with Gasteiger partial charge in [0.05, 0.1) is 12.2 Å². The fourth-order valence-corrected chi connectivity index (χ4v) is 1.96. The number of Topliss-reactive ketones (excluding diaryl/α,β-unsaturated/α-hetero) is 1. The normalized spacial score (nSPS) is 14.9. The van der Waals surface area contributed by atoms with Crippen LogP contribution in [0.3, 0.4) is 0 Å². The maximum atomic E-state index is 11.7. The molecule has 0 aliphatic carbocycles. The summed E-state index contributed by atoms with van der Waals surface area (Å²) in [7, 11) is 0. The van der Waals surface area contributed by atoms with E-state index >= 15 is 0 Å². The van der Waals surface area contributed by atoms with Crippen LogP contribution in [0.4, 0.5) is 0 Å². The predicted octanol–water partition coefficient (Wildman–Crippen LogP) is 2.58. The van der Waals surface area contributed by atoms with E-state index in [2.05, 4.69) is 6.07 Å². The summed E-state index contributed by atoms with van der Waals surface area (Å²) in [5, 5.41) is 0. The smallest absolute Gasteiger partial charge is 0.170 e. The Morgan fingerprint density at radius 1 is 1.21 bits per heavy atom. The molecule has 1 heterocycles. The summed E-state index contributed by atoms with van der Waals surface area (Å²) >= 11 is 0. The van der Waals surface area contributed by atoms with Crippen molar-refractivity contribution in [2.75, 3.05) is 6.61 Å². The van der Waals surface area contributed by atoms with Gasteiger partial charge in [0, 0.05) is 6.42 Å². The highest BCUT2D eigenvalue weighted by Gasteiger charge is 2.23. The monoisotopic (exact) mass is 190 g/mol. The summed E-state index contributed by atoms with van der Waals surface area (Å²) in [6.07, 6.45) is 0.511. The Hall–Kier alpha value is -1.31. The van der Waals surface area contributed by atoms with Crippen molar-refractivity contribution in [2.45, 2.75) is 27.2 Å². The van der Waals surface area contributed by atoms with Gasteiger partial charge in [0.1, 0.15) is 5.75 Å². The van der Waals surface area contributed by atoms with E-state index in [1.54, 1.807) is 0 Å². The molecule has 14 heavy (non-hydrogen) atoms. The first-order chi connectivity index (χ1) is 6.61. The summed E-state index contributed by atoms with van der Waals surface area (Å²) in [4.78, 5) is 11.7. The minimum Gasteiger partial charge on any atom is -0.492 e. The van der Waals surface area contributed by atoms with E-state index in [1.807, 2.05) is 20.8 Å². The molecule has 0 fully saturated rings. The Kier molecular flexibility index (Phi) is 2.06. The first-order valence-corrected chi connectivity index (χ1v) is 4.88. The number of carbonyl (C=O) groups is 1. The highest BCUT2D eigenvalue weighted by atomic mass is 16.5. The molecule has 2 heteroatoms. The first kappa shape index (κ1) is 9.25. The van der Waals surface area contributed by atoms with Gasteiger partial charge in [-0.3, -0.25) is 4.79 Å². The third-order valence-corrected chi connectivity index (χ3v) is 2.84.